The van der Waals surface area contributed by atoms with Crippen molar-refractivity contribution in [2.45, 2.75) is 32.7 Å². The van der Waals surface area contributed by atoms with E-state index in [1.165, 1.54) is 4.88 Å². The van der Waals surface area contributed by atoms with Crippen LogP contribution in [0.1, 0.15) is 50.1 Å². The van der Waals surface area contributed by atoms with Gasteiger partial charge in [-0.2, -0.15) is 0 Å². The molecule has 1 heterocycles. The number of anilines is 2. The number of esters is 1. The lowest BCUT2D eigenvalue weighted by Gasteiger charge is -2.11. The number of carbonyl (C=O) groups is 2. The molecule has 1 aliphatic rings. The number of thiophene rings is 1. The molecular formula is C25H26N2O4S. The smallest absolute Gasteiger partial charge is 0.338 e. The molecule has 2 N–H and O–H groups in total. The lowest BCUT2D eigenvalue weighted by atomic mass is 10.1. The number of aryl methyl sites for hydroxylation is 1. The Balaban J connectivity index is 1.49. The third-order valence-corrected chi connectivity index (χ3v) is 6.66. The summed E-state index contributed by atoms with van der Waals surface area (Å²) < 4.78 is 10.2. The summed E-state index contributed by atoms with van der Waals surface area (Å²) in [6.07, 6.45) is 3.01. The van der Waals surface area contributed by atoms with E-state index in [1.807, 2.05) is 24.3 Å². The van der Waals surface area contributed by atoms with Gasteiger partial charge in [0.15, 0.2) is 0 Å². The van der Waals surface area contributed by atoms with Crippen LogP contribution in [0.5, 0.6) is 5.75 Å². The molecule has 1 amide bonds. The van der Waals surface area contributed by atoms with Crippen molar-refractivity contribution in [2.75, 3.05) is 24.4 Å². The number of amides is 1. The fraction of sp³-hybridized carbons (Fsp3) is 0.280. The number of rotatable bonds is 8. The van der Waals surface area contributed by atoms with Gasteiger partial charge in [-0.25, -0.2) is 4.79 Å². The molecule has 0 aliphatic heterocycles. The van der Waals surface area contributed by atoms with Gasteiger partial charge < -0.3 is 20.1 Å². The Bertz CT molecular complexity index is 1100. The second-order valence-corrected chi connectivity index (χ2v) is 8.62. The van der Waals surface area contributed by atoms with E-state index < -0.39 is 0 Å². The summed E-state index contributed by atoms with van der Waals surface area (Å²) in [5, 5.41) is 7.34. The molecule has 166 valence electrons. The highest BCUT2D eigenvalue weighted by Crippen LogP contribution is 2.39. The van der Waals surface area contributed by atoms with Crippen LogP contribution in [0.2, 0.25) is 0 Å². The highest BCUT2D eigenvalue weighted by atomic mass is 32.1. The summed E-state index contributed by atoms with van der Waals surface area (Å²) in [5.74, 6) is 0.314. The molecule has 0 saturated heterocycles. The van der Waals surface area contributed by atoms with Crippen molar-refractivity contribution in [1.82, 2.24) is 0 Å². The summed E-state index contributed by atoms with van der Waals surface area (Å²) in [6, 6.07) is 14.7. The zero-order valence-electron chi connectivity index (χ0n) is 18.2. The fourth-order valence-corrected chi connectivity index (χ4v) is 5.07. The number of hydrogen-bond donors (Lipinski definition) is 2. The van der Waals surface area contributed by atoms with Gasteiger partial charge in [0.1, 0.15) is 10.8 Å². The topological polar surface area (TPSA) is 76.7 Å². The summed E-state index contributed by atoms with van der Waals surface area (Å²) in [5.41, 5.74) is 4.09. The molecule has 0 fully saturated rings. The zero-order chi connectivity index (χ0) is 22.5. The molecule has 0 bridgehead atoms. The molecule has 2 aromatic carbocycles. The SMILES string of the molecule is CCOC(=O)c1ccc(NC(=O)c2c(NCc3ccc(OC)cc3)sc3c2CCC3)cc1. The molecule has 1 aromatic heterocycles. The van der Waals surface area contributed by atoms with E-state index in [4.69, 9.17) is 9.47 Å². The van der Waals surface area contributed by atoms with Crippen LogP contribution in [0.4, 0.5) is 10.7 Å². The van der Waals surface area contributed by atoms with E-state index in [1.54, 1.807) is 49.6 Å². The van der Waals surface area contributed by atoms with Gasteiger partial charge in [0, 0.05) is 17.1 Å². The molecule has 32 heavy (non-hydrogen) atoms. The van der Waals surface area contributed by atoms with E-state index >= 15 is 0 Å². The van der Waals surface area contributed by atoms with Crippen molar-refractivity contribution in [3.8, 4) is 5.75 Å². The number of nitrogens with one attached hydrogen (secondary N) is 2. The minimum absolute atomic E-state index is 0.134. The van der Waals surface area contributed by atoms with Gasteiger partial charge in [-0.05, 0) is 73.7 Å². The Morgan fingerprint density at radius 3 is 2.47 bits per heavy atom. The molecular weight excluding hydrogens is 424 g/mol. The number of hydrogen-bond acceptors (Lipinski definition) is 6. The van der Waals surface area contributed by atoms with E-state index in [2.05, 4.69) is 10.6 Å². The van der Waals surface area contributed by atoms with E-state index in [9.17, 15) is 9.59 Å². The third kappa shape index (κ3) is 4.78. The number of carbonyl (C=O) groups excluding carboxylic acids is 2. The van der Waals surface area contributed by atoms with Crippen LogP contribution in [0.15, 0.2) is 48.5 Å². The first-order valence-electron chi connectivity index (χ1n) is 10.7. The highest BCUT2D eigenvalue weighted by Gasteiger charge is 2.26. The van der Waals surface area contributed by atoms with Gasteiger partial charge >= 0.3 is 5.97 Å². The molecule has 0 atom stereocenters. The fourth-order valence-electron chi connectivity index (χ4n) is 3.79. The minimum Gasteiger partial charge on any atom is -0.497 e. The first kappa shape index (κ1) is 21.9. The number of methoxy groups -OCH3 is 1. The van der Waals surface area contributed by atoms with Crippen molar-refractivity contribution < 1.29 is 19.1 Å². The van der Waals surface area contributed by atoms with Crippen LogP contribution >= 0.6 is 11.3 Å². The average molecular weight is 451 g/mol. The minimum atomic E-state index is -0.369. The largest absolute Gasteiger partial charge is 0.497 e. The van der Waals surface area contributed by atoms with Crippen molar-refractivity contribution in [2.24, 2.45) is 0 Å². The van der Waals surface area contributed by atoms with Gasteiger partial charge in [0.25, 0.3) is 5.91 Å². The Morgan fingerprint density at radius 1 is 1.03 bits per heavy atom. The molecule has 3 aromatic rings. The van der Waals surface area contributed by atoms with Gasteiger partial charge in [-0.15, -0.1) is 11.3 Å². The molecule has 4 rings (SSSR count). The molecule has 7 heteroatoms. The maximum atomic E-state index is 13.2. The third-order valence-electron chi connectivity index (χ3n) is 5.41. The second-order valence-electron chi connectivity index (χ2n) is 7.52. The maximum absolute atomic E-state index is 13.2. The predicted octanol–water partition coefficient (Wildman–Crippen LogP) is 5.29. The molecule has 0 spiro atoms. The van der Waals surface area contributed by atoms with Crippen LogP contribution in [0.3, 0.4) is 0 Å². The average Bonchev–Trinajstić information content (AvgIpc) is 3.39. The van der Waals surface area contributed by atoms with Crippen molar-refractivity contribution in [3.63, 3.8) is 0 Å². The maximum Gasteiger partial charge on any atom is 0.338 e. The van der Waals surface area contributed by atoms with Crippen LogP contribution in [0, 0.1) is 0 Å². The number of benzene rings is 2. The van der Waals surface area contributed by atoms with Crippen LogP contribution in [-0.4, -0.2) is 25.6 Å². The number of ether oxygens (including phenoxy) is 2. The lowest BCUT2D eigenvalue weighted by molar-refractivity contribution is 0.0526. The second kappa shape index (κ2) is 9.87. The summed E-state index contributed by atoms with van der Waals surface area (Å²) >= 11 is 1.67. The quantitative estimate of drug-likeness (QED) is 0.456. The molecule has 1 aliphatic carbocycles. The van der Waals surface area contributed by atoms with E-state index in [0.717, 1.165) is 46.7 Å². The zero-order valence-corrected chi connectivity index (χ0v) is 19.0. The van der Waals surface area contributed by atoms with Crippen LogP contribution < -0.4 is 15.4 Å². The summed E-state index contributed by atoms with van der Waals surface area (Å²) in [4.78, 5) is 26.3. The molecule has 0 unspecified atom stereocenters. The van der Waals surface area contributed by atoms with Gasteiger partial charge in [-0.3, -0.25) is 4.79 Å². The summed E-state index contributed by atoms with van der Waals surface area (Å²) in [7, 11) is 1.65. The first-order chi connectivity index (χ1) is 15.6. The Labute approximate surface area is 191 Å². The Morgan fingerprint density at radius 2 is 1.78 bits per heavy atom. The van der Waals surface area contributed by atoms with E-state index in [0.29, 0.717) is 24.4 Å². The van der Waals surface area contributed by atoms with Crippen LogP contribution in [-0.2, 0) is 24.1 Å². The normalized spacial score (nSPS) is 12.2. The van der Waals surface area contributed by atoms with Gasteiger partial charge in [-0.1, -0.05) is 12.1 Å². The van der Waals surface area contributed by atoms with E-state index in [-0.39, 0.29) is 11.9 Å². The molecule has 0 radical (unpaired) electrons. The monoisotopic (exact) mass is 450 g/mol. The molecule has 6 nitrogen and oxygen atoms in total. The van der Waals surface area contributed by atoms with Crippen molar-refractivity contribution in [3.05, 3.63) is 75.7 Å². The van der Waals surface area contributed by atoms with Crippen molar-refractivity contribution in [1.29, 1.82) is 0 Å². The lowest BCUT2D eigenvalue weighted by Crippen LogP contribution is -2.15. The van der Waals surface area contributed by atoms with Gasteiger partial charge in [0.2, 0.25) is 0 Å². The van der Waals surface area contributed by atoms with Crippen LogP contribution in [0.25, 0.3) is 0 Å². The highest BCUT2D eigenvalue weighted by molar-refractivity contribution is 7.16. The predicted molar refractivity (Wildman–Crippen MR) is 127 cm³/mol. The number of fused-ring (bicyclic) bond motifs is 1. The molecule has 0 saturated carbocycles. The standard InChI is InChI=1S/C25H26N2O4S/c1-3-31-25(29)17-9-11-18(12-10-17)27-23(28)22-20-5-4-6-21(20)32-24(22)26-15-16-7-13-19(30-2)14-8-16/h7-14,26H,3-6,15H2,1-2H3,(H,27,28). The first-order valence-corrected chi connectivity index (χ1v) is 11.5. The Kier molecular flexibility index (Phi) is 6.75. The van der Waals surface area contributed by atoms with Crippen molar-refractivity contribution >= 4 is 33.9 Å². The van der Waals surface area contributed by atoms with Gasteiger partial charge in [0.05, 0.1) is 24.8 Å². The summed E-state index contributed by atoms with van der Waals surface area (Å²) in [6.45, 7) is 2.72. The Hall–Kier alpha value is -3.32.